The number of esters is 2. The minimum Gasteiger partial charge on any atom is -0.466 e. The fraction of sp³-hybridized carbons (Fsp3) is 0.458. The van der Waals surface area contributed by atoms with E-state index in [0.717, 1.165) is 33.3 Å². The van der Waals surface area contributed by atoms with Gasteiger partial charge in [0.1, 0.15) is 13.2 Å². The molecule has 1 saturated heterocycles. The molecule has 37 heavy (non-hydrogen) atoms. The van der Waals surface area contributed by atoms with Crippen molar-refractivity contribution in [2.45, 2.75) is 12.8 Å². The van der Waals surface area contributed by atoms with E-state index >= 15 is 0 Å². The Kier molecular flexibility index (Phi) is 9.20. The largest absolute Gasteiger partial charge is 0.466 e. The van der Waals surface area contributed by atoms with Crippen molar-refractivity contribution in [1.82, 2.24) is 15.1 Å². The zero-order chi connectivity index (χ0) is 27.1. The summed E-state index contributed by atoms with van der Waals surface area (Å²) < 4.78 is 15.5. The lowest BCUT2D eigenvalue weighted by Crippen LogP contribution is -2.45. The zero-order valence-electron chi connectivity index (χ0n) is 21.0. The third-order valence-corrected chi connectivity index (χ3v) is 6.28. The summed E-state index contributed by atoms with van der Waals surface area (Å²) in [4.78, 5) is 52.8. The second-order valence-corrected chi connectivity index (χ2v) is 8.72. The van der Waals surface area contributed by atoms with Crippen molar-refractivity contribution >= 4 is 23.7 Å². The molecule has 13 heteroatoms. The Morgan fingerprint density at radius 3 is 2.46 bits per heavy atom. The van der Waals surface area contributed by atoms with Gasteiger partial charge in [0.2, 0.25) is 0 Å². The zero-order valence-corrected chi connectivity index (χ0v) is 21.0. The molecule has 0 saturated carbocycles. The van der Waals surface area contributed by atoms with E-state index in [1.165, 1.54) is 18.2 Å². The maximum Gasteiger partial charge on any atom is 0.404 e. The summed E-state index contributed by atoms with van der Waals surface area (Å²) in [7, 11) is 3.21. The first-order valence-electron chi connectivity index (χ1n) is 11.7. The lowest BCUT2D eigenvalue weighted by Gasteiger charge is -2.33. The number of piperazine rings is 1. The lowest BCUT2D eigenvalue weighted by molar-refractivity contribution is -0.384. The summed E-state index contributed by atoms with van der Waals surface area (Å²) >= 11 is 0. The highest BCUT2D eigenvalue weighted by molar-refractivity contribution is 6.00. The number of dihydropyridines is 1. The molecule has 1 aromatic rings. The highest BCUT2D eigenvalue weighted by Gasteiger charge is 2.39. The van der Waals surface area contributed by atoms with Gasteiger partial charge in [-0.1, -0.05) is 12.1 Å². The third-order valence-electron chi connectivity index (χ3n) is 6.28. The summed E-state index contributed by atoms with van der Waals surface area (Å²) in [5.74, 6) is -2.59. The van der Waals surface area contributed by atoms with E-state index in [1.807, 2.05) is 7.05 Å². The number of likely N-dealkylation sites (N-methyl/N-ethyl adjacent to an activating group) is 1. The lowest BCUT2D eigenvalue weighted by atomic mass is 9.80. The summed E-state index contributed by atoms with van der Waals surface area (Å²) in [5.41, 5.74) is 5.66. The molecular weight excluding hydrogens is 486 g/mol. The number of ether oxygens (including phenoxy) is 3. The molecule has 0 aromatic heterocycles. The molecule has 2 aliphatic rings. The van der Waals surface area contributed by atoms with Crippen molar-refractivity contribution in [3.05, 3.63) is 62.5 Å². The van der Waals surface area contributed by atoms with Gasteiger partial charge < -0.3 is 30.2 Å². The maximum atomic E-state index is 13.4. The Morgan fingerprint density at radius 1 is 1.14 bits per heavy atom. The first-order valence-corrected chi connectivity index (χ1v) is 11.7. The van der Waals surface area contributed by atoms with Crippen molar-refractivity contribution in [2.24, 2.45) is 5.73 Å². The molecular formula is C24H31N5O8. The Balaban J connectivity index is 1.96. The number of rotatable bonds is 9. The Bertz CT molecular complexity index is 1120. The molecule has 0 spiro atoms. The molecule has 200 valence electrons. The predicted octanol–water partition coefficient (Wildman–Crippen LogP) is 0.869. The van der Waals surface area contributed by atoms with Crippen LogP contribution in [0.5, 0.6) is 0 Å². The molecule has 1 amide bonds. The molecule has 3 N–H and O–H groups in total. The van der Waals surface area contributed by atoms with Crippen LogP contribution in [-0.2, 0) is 23.8 Å². The topological polar surface area (TPSA) is 167 Å². The number of nitrogens with two attached hydrogens (primary N) is 1. The number of hydrogen-bond donors (Lipinski definition) is 2. The number of nitro benzene ring substituents is 1. The molecule has 0 aliphatic carbocycles. The van der Waals surface area contributed by atoms with Crippen LogP contribution in [0.4, 0.5) is 10.5 Å². The van der Waals surface area contributed by atoms with Crippen LogP contribution in [-0.4, -0.2) is 92.8 Å². The Hall–Kier alpha value is -3.97. The smallest absolute Gasteiger partial charge is 0.404 e. The second kappa shape index (κ2) is 12.3. The number of benzene rings is 1. The van der Waals surface area contributed by atoms with E-state index < -0.39 is 35.5 Å². The monoisotopic (exact) mass is 517 g/mol. The summed E-state index contributed by atoms with van der Waals surface area (Å²) in [5, 5.41) is 14.4. The van der Waals surface area contributed by atoms with Crippen molar-refractivity contribution < 1.29 is 33.5 Å². The molecule has 3 rings (SSSR count). The number of amides is 1. The van der Waals surface area contributed by atoms with Crippen LogP contribution in [0.3, 0.4) is 0 Å². The van der Waals surface area contributed by atoms with Gasteiger partial charge in [0, 0.05) is 50.6 Å². The normalized spacial score (nSPS) is 18.7. The van der Waals surface area contributed by atoms with Crippen LogP contribution in [0.2, 0.25) is 0 Å². The Labute approximate surface area is 213 Å². The van der Waals surface area contributed by atoms with E-state index in [4.69, 9.17) is 19.9 Å². The summed E-state index contributed by atoms with van der Waals surface area (Å²) in [6, 6.07) is 5.59. The van der Waals surface area contributed by atoms with Gasteiger partial charge in [0.25, 0.3) is 5.69 Å². The number of non-ortho nitro benzene ring substituents is 1. The number of methoxy groups -OCH3 is 1. The number of nitrogens with zero attached hydrogens (tertiary/aromatic N) is 3. The van der Waals surface area contributed by atoms with Gasteiger partial charge in [-0.25, -0.2) is 14.4 Å². The van der Waals surface area contributed by atoms with Crippen LogP contribution < -0.4 is 11.1 Å². The van der Waals surface area contributed by atoms with Crippen LogP contribution >= 0.6 is 0 Å². The molecule has 2 aliphatic heterocycles. The van der Waals surface area contributed by atoms with Gasteiger partial charge in [-0.05, 0) is 19.5 Å². The van der Waals surface area contributed by atoms with Crippen molar-refractivity contribution in [1.29, 1.82) is 0 Å². The first-order chi connectivity index (χ1) is 17.6. The van der Waals surface area contributed by atoms with Crippen LogP contribution in [0.25, 0.3) is 0 Å². The molecule has 0 radical (unpaired) electrons. The van der Waals surface area contributed by atoms with Gasteiger partial charge in [-0.15, -0.1) is 0 Å². The fourth-order valence-electron chi connectivity index (χ4n) is 4.34. The van der Waals surface area contributed by atoms with Gasteiger partial charge >= 0.3 is 18.0 Å². The average molecular weight is 518 g/mol. The number of hydrogen-bond acceptors (Lipinski definition) is 11. The van der Waals surface area contributed by atoms with E-state index in [0.29, 0.717) is 12.2 Å². The van der Waals surface area contributed by atoms with Crippen molar-refractivity contribution in [2.75, 3.05) is 60.1 Å². The number of allylic oxidation sites excluding steroid dienone is 1. The maximum absolute atomic E-state index is 13.4. The van der Waals surface area contributed by atoms with Crippen LogP contribution in [0.1, 0.15) is 18.4 Å². The Morgan fingerprint density at radius 2 is 1.84 bits per heavy atom. The summed E-state index contributed by atoms with van der Waals surface area (Å²) in [6.45, 7) is 5.39. The molecule has 0 bridgehead atoms. The first kappa shape index (κ1) is 27.6. The van der Waals surface area contributed by atoms with E-state index in [-0.39, 0.29) is 34.7 Å². The van der Waals surface area contributed by atoms with Gasteiger partial charge in [0.15, 0.2) is 0 Å². The minimum atomic E-state index is -1.09. The number of primary amides is 1. The highest BCUT2D eigenvalue weighted by Crippen LogP contribution is 2.40. The van der Waals surface area contributed by atoms with Gasteiger partial charge in [0.05, 0.1) is 34.8 Å². The van der Waals surface area contributed by atoms with E-state index in [9.17, 15) is 24.5 Å². The second-order valence-electron chi connectivity index (χ2n) is 8.72. The fourth-order valence-corrected chi connectivity index (χ4v) is 4.34. The average Bonchev–Trinajstić information content (AvgIpc) is 2.87. The number of nitro groups is 1. The molecule has 1 aromatic carbocycles. The van der Waals surface area contributed by atoms with Gasteiger partial charge in [-0.3, -0.25) is 15.0 Å². The predicted molar refractivity (Wildman–Crippen MR) is 131 cm³/mol. The van der Waals surface area contributed by atoms with Crippen LogP contribution in [0.15, 0.2) is 46.8 Å². The van der Waals surface area contributed by atoms with E-state index in [1.54, 1.807) is 13.0 Å². The van der Waals surface area contributed by atoms with E-state index in [2.05, 4.69) is 15.1 Å². The standard InChI is InChI=1S/C24H31N5O8/c1-15-19(23(31)36-12-11-28-9-7-27(2)8-10-28)20(16-5-4-6-17(13-16)29(33)34)21(22(30)35-3)18(26-15)14-37-24(25)32/h4-6,13,20,26H,7-12,14H2,1-3H3,(H2,25,32). The molecule has 1 atom stereocenters. The number of carbonyl (C=O) groups is 3. The number of nitrogens with one attached hydrogen (secondary N) is 1. The molecule has 2 heterocycles. The SMILES string of the molecule is COC(=O)C1=C(COC(N)=O)NC(C)=C(C(=O)OCCN2CCN(C)CC2)C1c1cccc([N+](=O)[O-])c1. The minimum absolute atomic E-state index is 0.0548. The quantitative estimate of drug-likeness (QED) is 0.206. The van der Waals surface area contributed by atoms with Crippen molar-refractivity contribution in [3.63, 3.8) is 0 Å². The van der Waals surface area contributed by atoms with Gasteiger partial charge in [-0.2, -0.15) is 0 Å². The molecule has 1 unspecified atom stereocenters. The third kappa shape index (κ3) is 6.83. The summed E-state index contributed by atoms with van der Waals surface area (Å²) in [6.07, 6.45) is -1.07. The highest BCUT2D eigenvalue weighted by atomic mass is 16.6. The van der Waals surface area contributed by atoms with Crippen molar-refractivity contribution in [3.8, 4) is 0 Å². The molecule has 1 fully saturated rings. The number of carbonyl (C=O) groups excluding carboxylic acids is 3. The van der Waals surface area contributed by atoms with Crippen LogP contribution in [0, 0.1) is 10.1 Å². The molecule has 13 nitrogen and oxygen atoms in total.